The van der Waals surface area contributed by atoms with E-state index in [9.17, 15) is 0 Å². The molecule has 0 saturated carbocycles. The fourth-order valence-electron chi connectivity index (χ4n) is 1.76. The van der Waals surface area contributed by atoms with E-state index in [-0.39, 0.29) is 5.92 Å². The number of hydrogen-bond donors (Lipinski definition) is 0. The number of rotatable bonds is 1. The van der Waals surface area contributed by atoms with Gasteiger partial charge in [-0.3, -0.25) is 4.68 Å². The molecule has 70 valence electrons. The Kier molecular flexibility index (Phi) is 2.01. The highest BCUT2D eigenvalue weighted by Crippen LogP contribution is 2.23. The number of aryl methyl sites for hydroxylation is 1. The zero-order chi connectivity index (χ0) is 10.1. The van der Waals surface area contributed by atoms with Crippen LogP contribution >= 0.6 is 0 Å². The predicted molar refractivity (Wildman–Crippen MR) is 58.0 cm³/mol. The van der Waals surface area contributed by atoms with Crippen molar-refractivity contribution in [1.82, 2.24) is 9.78 Å². The monoisotopic (exact) mass is 184 g/mol. The highest BCUT2D eigenvalue weighted by molar-refractivity contribution is 5.82. The fourth-order valence-corrected chi connectivity index (χ4v) is 1.76. The Bertz CT molecular complexity index is 503. The Morgan fingerprint density at radius 2 is 2.14 bits per heavy atom. The third-order valence-electron chi connectivity index (χ3n) is 2.45. The predicted octanol–water partition coefficient (Wildman–Crippen LogP) is 2.31. The van der Waals surface area contributed by atoms with E-state index in [2.05, 4.69) is 17.1 Å². The number of fused-ring (bicyclic) bond motifs is 1. The van der Waals surface area contributed by atoms with Gasteiger partial charge in [-0.25, -0.2) is 0 Å². The van der Waals surface area contributed by atoms with Crippen molar-refractivity contribution in [2.24, 2.45) is 7.05 Å². The van der Waals surface area contributed by atoms with Gasteiger partial charge in [0.05, 0.1) is 17.1 Å². The number of terminal acetylenes is 1. The molecule has 1 heterocycles. The molecule has 0 bridgehead atoms. The molecular weight excluding hydrogens is 172 g/mol. The minimum atomic E-state index is 0.104. The van der Waals surface area contributed by atoms with Crippen LogP contribution in [0.3, 0.4) is 0 Å². The molecule has 14 heavy (non-hydrogen) atoms. The molecule has 2 nitrogen and oxygen atoms in total. The molecule has 1 atom stereocenters. The number of nitrogens with zero attached hydrogens (tertiary/aromatic N) is 2. The zero-order valence-electron chi connectivity index (χ0n) is 8.36. The summed E-state index contributed by atoms with van der Waals surface area (Å²) in [6, 6.07) is 8.06. The van der Waals surface area contributed by atoms with Gasteiger partial charge in [0.1, 0.15) is 0 Å². The minimum Gasteiger partial charge on any atom is -0.270 e. The summed E-state index contributed by atoms with van der Waals surface area (Å²) in [7, 11) is 1.93. The Hall–Kier alpha value is -1.75. The number of hydrogen-bond acceptors (Lipinski definition) is 1. The molecule has 2 rings (SSSR count). The largest absolute Gasteiger partial charge is 0.270 e. The summed E-state index contributed by atoms with van der Waals surface area (Å²) in [5.74, 6) is 2.84. The lowest BCUT2D eigenvalue weighted by Gasteiger charge is -2.04. The Balaban J connectivity index is 2.75. The first kappa shape index (κ1) is 8.83. The molecule has 0 aliphatic carbocycles. The molecule has 1 aromatic carbocycles. The van der Waals surface area contributed by atoms with Gasteiger partial charge in [0.15, 0.2) is 0 Å². The van der Waals surface area contributed by atoms with E-state index in [1.165, 1.54) is 0 Å². The van der Waals surface area contributed by atoms with Gasteiger partial charge in [-0.05, 0) is 13.0 Å². The van der Waals surface area contributed by atoms with Crippen molar-refractivity contribution >= 4 is 10.9 Å². The van der Waals surface area contributed by atoms with Crippen molar-refractivity contribution in [3.63, 3.8) is 0 Å². The van der Waals surface area contributed by atoms with Crippen LogP contribution in [0.15, 0.2) is 24.3 Å². The van der Waals surface area contributed by atoms with E-state index < -0.39 is 0 Å². The van der Waals surface area contributed by atoms with Gasteiger partial charge in [0.25, 0.3) is 0 Å². The van der Waals surface area contributed by atoms with Crippen LogP contribution in [-0.2, 0) is 7.05 Å². The van der Waals surface area contributed by atoms with Crippen LogP contribution in [0.4, 0.5) is 0 Å². The lowest BCUT2D eigenvalue weighted by Crippen LogP contribution is -2.00. The number of aromatic nitrogens is 2. The molecule has 2 heteroatoms. The Labute approximate surface area is 83.5 Å². The lowest BCUT2D eigenvalue weighted by molar-refractivity contribution is 0.708. The first-order valence-corrected chi connectivity index (χ1v) is 4.62. The molecule has 0 spiro atoms. The maximum absolute atomic E-state index is 5.43. The Morgan fingerprint density at radius 1 is 1.43 bits per heavy atom. The third-order valence-corrected chi connectivity index (χ3v) is 2.45. The average molecular weight is 184 g/mol. The average Bonchev–Trinajstić information content (AvgIpc) is 2.53. The summed E-state index contributed by atoms with van der Waals surface area (Å²) >= 11 is 0. The van der Waals surface area contributed by atoms with E-state index in [0.29, 0.717) is 0 Å². The van der Waals surface area contributed by atoms with Crippen molar-refractivity contribution in [3.8, 4) is 12.3 Å². The van der Waals surface area contributed by atoms with Crippen molar-refractivity contribution < 1.29 is 0 Å². The summed E-state index contributed by atoms with van der Waals surface area (Å²) in [6.07, 6.45) is 5.43. The second kappa shape index (κ2) is 3.19. The van der Waals surface area contributed by atoms with Gasteiger partial charge in [-0.15, -0.1) is 6.42 Å². The van der Waals surface area contributed by atoms with Crippen molar-refractivity contribution in [2.45, 2.75) is 12.8 Å². The molecule has 0 amide bonds. The molecule has 0 saturated heterocycles. The lowest BCUT2D eigenvalue weighted by atomic mass is 10.0. The van der Waals surface area contributed by atoms with Crippen LogP contribution in [0.1, 0.15) is 18.5 Å². The van der Waals surface area contributed by atoms with Gasteiger partial charge < -0.3 is 0 Å². The van der Waals surface area contributed by atoms with Crippen LogP contribution in [-0.4, -0.2) is 9.78 Å². The summed E-state index contributed by atoms with van der Waals surface area (Å²) in [5, 5.41) is 5.56. The van der Waals surface area contributed by atoms with Gasteiger partial charge in [0.2, 0.25) is 0 Å². The van der Waals surface area contributed by atoms with Crippen LogP contribution < -0.4 is 0 Å². The maximum atomic E-state index is 5.43. The topological polar surface area (TPSA) is 17.8 Å². The molecule has 0 radical (unpaired) electrons. The fraction of sp³-hybridized carbons (Fsp3) is 0.250. The second-order valence-electron chi connectivity index (χ2n) is 3.41. The maximum Gasteiger partial charge on any atom is 0.0926 e. The van der Waals surface area contributed by atoms with Gasteiger partial charge in [-0.2, -0.15) is 5.10 Å². The molecule has 2 aromatic rings. The first-order valence-electron chi connectivity index (χ1n) is 4.62. The van der Waals surface area contributed by atoms with E-state index in [4.69, 9.17) is 6.42 Å². The van der Waals surface area contributed by atoms with Gasteiger partial charge >= 0.3 is 0 Å². The smallest absolute Gasteiger partial charge is 0.0926 e. The third kappa shape index (κ3) is 1.18. The second-order valence-corrected chi connectivity index (χ2v) is 3.41. The van der Waals surface area contributed by atoms with Crippen LogP contribution in [0, 0.1) is 12.3 Å². The van der Waals surface area contributed by atoms with E-state index in [1.807, 2.05) is 36.9 Å². The normalized spacial score (nSPS) is 12.6. The van der Waals surface area contributed by atoms with Gasteiger partial charge in [-0.1, -0.05) is 24.1 Å². The van der Waals surface area contributed by atoms with Gasteiger partial charge in [0, 0.05) is 12.4 Å². The first-order chi connectivity index (χ1) is 6.74. The molecule has 0 N–H and O–H groups in total. The van der Waals surface area contributed by atoms with E-state index >= 15 is 0 Å². The molecule has 0 fully saturated rings. The van der Waals surface area contributed by atoms with Crippen molar-refractivity contribution in [3.05, 3.63) is 30.0 Å². The van der Waals surface area contributed by atoms with Crippen molar-refractivity contribution in [1.29, 1.82) is 0 Å². The van der Waals surface area contributed by atoms with Crippen LogP contribution in [0.25, 0.3) is 10.9 Å². The highest BCUT2D eigenvalue weighted by Gasteiger charge is 2.12. The highest BCUT2D eigenvalue weighted by atomic mass is 15.3. The molecule has 0 aliphatic rings. The molecule has 0 aliphatic heterocycles. The van der Waals surface area contributed by atoms with E-state index in [0.717, 1.165) is 16.6 Å². The van der Waals surface area contributed by atoms with Crippen LogP contribution in [0.5, 0.6) is 0 Å². The summed E-state index contributed by atoms with van der Waals surface area (Å²) in [4.78, 5) is 0. The quantitative estimate of drug-likeness (QED) is 0.622. The molecule has 1 unspecified atom stereocenters. The SMILES string of the molecule is C#CC(C)c1c2ccccc2nn1C. The zero-order valence-corrected chi connectivity index (χ0v) is 8.36. The minimum absolute atomic E-state index is 0.104. The summed E-state index contributed by atoms with van der Waals surface area (Å²) in [6.45, 7) is 2.02. The van der Waals surface area contributed by atoms with E-state index in [1.54, 1.807) is 0 Å². The summed E-state index contributed by atoms with van der Waals surface area (Å²) in [5.41, 5.74) is 2.12. The van der Waals surface area contributed by atoms with Crippen LogP contribution in [0.2, 0.25) is 0 Å². The Morgan fingerprint density at radius 3 is 2.86 bits per heavy atom. The van der Waals surface area contributed by atoms with Crippen molar-refractivity contribution in [2.75, 3.05) is 0 Å². The number of benzene rings is 1. The standard InChI is InChI=1S/C12H12N2/c1-4-9(2)12-10-7-5-6-8-11(10)13-14(12)3/h1,5-9H,2-3H3. The summed E-state index contributed by atoms with van der Waals surface area (Å²) < 4.78 is 1.87. The molecule has 1 aromatic heterocycles. The molecular formula is C12H12N2.